The van der Waals surface area contributed by atoms with Crippen LogP contribution in [0.15, 0.2) is 42.7 Å². The maximum atomic E-state index is 14.1. The number of hydrogen-bond donors (Lipinski definition) is 4. The van der Waals surface area contributed by atoms with Gasteiger partial charge in [0, 0.05) is 55.9 Å². The Morgan fingerprint density at radius 3 is 1.91 bits per heavy atom. The van der Waals surface area contributed by atoms with Crippen molar-refractivity contribution >= 4 is 51.7 Å². The number of aromatic amines is 1. The van der Waals surface area contributed by atoms with Gasteiger partial charge in [0.1, 0.15) is 40.2 Å². The predicted molar refractivity (Wildman–Crippen MR) is 245 cm³/mol. The highest BCUT2D eigenvalue weighted by atomic mass is 16.5. The number of rotatable bonds is 16. The van der Waals surface area contributed by atoms with E-state index in [1.165, 1.54) is 6.33 Å². The minimum absolute atomic E-state index is 0.142. The molecule has 7 aromatic rings. The van der Waals surface area contributed by atoms with E-state index in [0.29, 0.717) is 121 Å². The number of nitrogens with one attached hydrogen (secondary N) is 3. The summed E-state index contributed by atoms with van der Waals surface area (Å²) in [4.78, 5) is 57.5. The van der Waals surface area contributed by atoms with Crippen molar-refractivity contribution in [3.63, 3.8) is 0 Å². The van der Waals surface area contributed by atoms with Crippen LogP contribution in [0.25, 0.3) is 33.5 Å². The van der Waals surface area contributed by atoms with Crippen molar-refractivity contribution < 1.29 is 28.6 Å². The highest BCUT2D eigenvalue weighted by Gasteiger charge is 2.33. The topological polar surface area (TPSA) is 245 Å². The Hall–Kier alpha value is -7.13. The van der Waals surface area contributed by atoms with Gasteiger partial charge in [0.05, 0.1) is 49.4 Å². The molecule has 66 heavy (non-hydrogen) atoms. The Morgan fingerprint density at radius 1 is 0.803 bits per heavy atom. The Labute approximate surface area is 380 Å². The minimum Gasteiger partial charge on any atom is -0.494 e. The molecule has 9 rings (SSSR count). The number of hydrogen-bond acceptors (Lipinski definition) is 13. The summed E-state index contributed by atoms with van der Waals surface area (Å²) < 4.78 is 25.5. The van der Waals surface area contributed by atoms with E-state index in [9.17, 15) is 14.4 Å². The summed E-state index contributed by atoms with van der Waals surface area (Å²) in [6.45, 7) is 12.9. The van der Waals surface area contributed by atoms with Crippen molar-refractivity contribution in [2.75, 3.05) is 57.2 Å². The number of amides is 3. The third-order valence-electron chi connectivity index (χ3n) is 12.4. The molecule has 1 aliphatic heterocycles. The summed E-state index contributed by atoms with van der Waals surface area (Å²) in [7, 11) is 1.61. The zero-order chi connectivity index (χ0) is 46.1. The summed E-state index contributed by atoms with van der Waals surface area (Å²) >= 11 is 0. The molecule has 2 aromatic carbocycles. The fourth-order valence-electron chi connectivity index (χ4n) is 9.30. The van der Waals surface area contributed by atoms with Gasteiger partial charge in [-0.05, 0) is 96.2 Å². The molecule has 3 amide bonds. The van der Waals surface area contributed by atoms with Crippen molar-refractivity contribution in [3.05, 3.63) is 71.1 Å². The van der Waals surface area contributed by atoms with Crippen LogP contribution in [-0.4, -0.2) is 123 Å². The number of primary amides is 1. The molecule has 0 bridgehead atoms. The molecule has 2 aliphatic rings. The van der Waals surface area contributed by atoms with Crippen LogP contribution in [-0.2, 0) is 17.8 Å². The first-order valence-corrected chi connectivity index (χ1v) is 22.5. The van der Waals surface area contributed by atoms with Gasteiger partial charge in [-0.15, -0.1) is 0 Å². The second-order valence-corrected chi connectivity index (χ2v) is 16.7. The van der Waals surface area contributed by atoms with Gasteiger partial charge in [0.25, 0.3) is 11.8 Å². The fourth-order valence-corrected chi connectivity index (χ4v) is 9.30. The van der Waals surface area contributed by atoms with Crippen LogP contribution in [0.1, 0.15) is 101 Å². The second-order valence-electron chi connectivity index (χ2n) is 16.7. The lowest BCUT2D eigenvalue weighted by Gasteiger charge is -2.32. The van der Waals surface area contributed by atoms with E-state index in [2.05, 4.69) is 45.5 Å². The van der Waals surface area contributed by atoms with E-state index in [1.807, 2.05) is 44.4 Å². The Balaban J connectivity index is 1.09. The van der Waals surface area contributed by atoms with Gasteiger partial charge in [0.2, 0.25) is 17.8 Å². The molecule has 5 aromatic heterocycles. The minimum atomic E-state index is -0.619. The van der Waals surface area contributed by atoms with E-state index in [-0.39, 0.29) is 29.5 Å². The monoisotopic (exact) mass is 901 g/mol. The van der Waals surface area contributed by atoms with E-state index in [1.54, 1.807) is 40.7 Å². The molecule has 1 aliphatic carbocycles. The predicted octanol–water partition coefficient (Wildman–Crippen LogP) is 5.29. The van der Waals surface area contributed by atoms with Crippen molar-refractivity contribution in [2.24, 2.45) is 5.73 Å². The van der Waals surface area contributed by atoms with Crippen LogP contribution in [0.5, 0.6) is 11.5 Å². The number of imidazole rings is 2. The van der Waals surface area contributed by atoms with Crippen molar-refractivity contribution in [3.8, 4) is 22.9 Å². The Kier molecular flexibility index (Phi) is 12.5. The number of aryl methyl sites for hydroxylation is 4. The summed E-state index contributed by atoms with van der Waals surface area (Å²) in [5, 5.41) is 22.2. The number of fused-ring (bicyclic) bond motifs is 2. The summed E-state index contributed by atoms with van der Waals surface area (Å²) in [5.74, 6) is 0.900. The molecular formula is C45H55N15O6. The van der Waals surface area contributed by atoms with Crippen LogP contribution >= 0.6 is 0 Å². The highest BCUT2D eigenvalue weighted by Crippen LogP contribution is 2.45. The molecular weight excluding hydrogens is 847 g/mol. The third kappa shape index (κ3) is 8.70. The van der Waals surface area contributed by atoms with Gasteiger partial charge in [-0.1, -0.05) is 0 Å². The molecule has 0 spiro atoms. The van der Waals surface area contributed by atoms with Crippen molar-refractivity contribution in [1.82, 2.24) is 58.7 Å². The van der Waals surface area contributed by atoms with Gasteiger partial charge < -0.3 is 29.1 Å². The third-order valence-corrected chi connectivity index (χ3v) is 12.4. The molecule has 0 atom stereocenters. The fraction of sp³-hybridized carbons (Fsp3) is 0.444. The van der Waals surface area contributed by atoms with E-state index >= 15 is 0 Å². The number of carbonyl (C=O) groups excluding carboxylic acids is 3. The zero-order valence-corrected chi connectivity index (χ0v) is 37.8. The Bertz CT molecular complexity index is 2900. The zero-order valence-electron chi connectivity index (χ0n) is 37.8. The quantitative estimate of drug-likeness (QED) is 0.0902. The van der Waals surface area contributed by atoms with E-state index < -0.39 is 5.91 Å². The first-order valence-electron chi connectivity index (χ1n) is 22.5. The number of benzene rings is 2. The average Bonchev–Trinajstić information content (AvgIpc) is 4.18. The number of nitrogens with two attached hydrogens (primary N) is 1. The molecule has 0 radical (unpaired) electrons. The summed E-state index contributed by atoms with van der Waals surface area (Å²) in [5.41, 5.74) is 11.5. The molecule has 21 nitrogen and oxygen atoms in total. The van der Waals surface area contributed by atoms with E-state index in [0.717, 1.165) is 42.8 Å². The van der Waals surface area contributed by atoms with Gasteiger partial charge in [-0.3, -0.25) is 44.4 Å². The van der Waals surface area contributed by atoms with Crippen LogP contribution in [0.3, 0.4) is 0 Å². The second kappa shape index (κ2) is 18.8. The van der Waals surface area contributed by atoms with Crippen molar-refractivity contribution in [2.45, 2.75) is 85.0 Å². The first kappa shape index (κ1) is 44.1. The summed E-state index contributed by atoms with van der Waals surface area (Å²) in [6.07, 6.45) is 4.73. The normalized spacial score (nSPS) is 16.8. The molecule has 346 valence electrons. The number of methoxy groups -OCH3 is 1. The number of carbonyl (C=O) groups is 3. The largest absolute Gasteiger partial charge is 0.494 e. The molecule has 21 heteroatoms. The maximum absolute atomic E-state index is 14.1. The summed E-state index contributed by atoms with van der Waals surface area (Å²) in [6, 6.07) is 10.3. The molecule has 1 saturated heterocycles. The molecule has 0 unspecified atom stereocenters. The SMILES string of the molecule is CCn1nc(C)cc1C(=O)Nc1nc2cc(-c3ncn[nH]3)cc(OC)c2n1C1CCC(n2c(NC(=O)c3cc(C)nn3CC)nc3cc(C(N)=O)cc(OCCCN4CCOCC4)c32)CC1. The standard InChI is InChI=1S/C45H55N15O6/c1-6-57-34(19-26(3)54-57)42(62)51-44-50-33-22-29(41-47-25-48-53-41)24-36(64-5)38(33)59(44)30-9-11-31(12-10-30)60-39-32(49-45(60)52-43(63)35-20-27(4)55-58(35)7-2)21-28(40(46)61)23-37(39)66-16-8-13-56-14-17-65-18-15-56/h19-25,30-31H,6-18H2,1-5H3,(H2,46,61)(H,47,48,53)(H,49,52,63)(H,50,51,62). The molecule has 6 heterocycles. The molecule has 5 N–H and O–H groups in total. The number of morpholine rings is 1. The maximum Gasteiger partial charge on any atom is 0.276 e. The lowest BCUT2D eigenvalue weighted by Crippen LogP contribution is -2.37. The van der Waals surface area contributed by atoms with Crippen molar-refractivity contribution in [1.29, 1.82) is 0 Å². The number of anilines is 2. The molecule has 2 fully saturated rings. The lowest BCUT2D eigenvalue weighted by molar-refractivity contribution is 0.0358. The van der Waals surface area contributed by atoms with E-state index in [4.69, 9.17) is 29.9 Å². The van der Waals surface area contributed by atoms with Gasteiger partial charge in [-0.2, -0.15) is 15.3 Å². The first-order chi connectivity index (χ1) is 32.0. The Morgan fingerprint density at radius 2 is 1.38 bits per heavy atom. The smallest absolute Gasteiger partial charge is 0.276 e. The van der Waals surface area contributed by atoms with Crippen LogP contribution in [0, 0.1) is 13.8 Å². The highest BCUT2D eigenvalue weighted by molar-refractivity contribution is 6.05. The average molecular weight is 902 g/mol. The van der Waals surface area contributed by atoms with Crippen LogP contribution in [0.2, 0.25) is 0 Å². The number of ether oxygens (including phenoxy) is 3. The number of aromatic nitrogens is 11. The van der Waals surface area contributed by atoms with Crippen LogP contribution < -0.4 is 25.8 Å². The van der Waals surface area contributed by atoms with Gasteiger partial charge >= 0.3 is 0 Å². The number of nitrogens with zero attached hydrogens (tertiary/aromatic N) is 11. The molecule has 1 saturated carbocycles. The lowest BCUT2D eigenvalue weighted by atomic mass is 9.90. The van der Waals surface area contributed by atoms with Gasteiger partial charge in [-0.25, -0.2) is 15.0 Å². The van der Waals surface area contributed by atoms with Gasteiger partial charge in [0.15, 0.2) is 5.82 Å². The van der Waals surface area contributed by atoms with Crippen LogP contribution in [0.4, 0.5) is 11.9 Å². The number of H-pyrrole nitrogens is 1.